The summed E-state index contributed by atoms with van der Waals surface area (Å²) in [4.78, 5) is 2.39. The summed E-state index contributed by atoms with van der Waals surface area (Å²) in [6, 6.07) is 1.92. The van der Waals surface area contributed by atoms with E-state index in [2.05, 4.69) is 18.7 Å². The molecular weight excluding hydrogens is 202 g/mol. The Kier molecular flexibility index (Phi) is 3.36. The van der Waals surface area contributed by atoms with E-state index in [0.29, 0.717) is 6.42 Å². The van der Waals surface area contributed by atoms with Gasteiger partial charge in [-0.2, -0.15) is 0 Å². The van der Waals surface area contributed by atoms with Crippen LogP contribution in [0, 0.1) is 0 Å². The molecule has 0 bridgehead atoms. The van der Waals surface area contributed by atoms with Crippen molar-refractivity contribution in [3.8, 4) is 0 Å². The van der Waals surface area contributed by atoms with Gasteiger partial charge in [-0.25, -0.2) is 0 Å². The second-order valence-corrected chi connectivity index (χ2v) is 5.20. The van der Waals surface area contributed by atoms with E-state index in [9.17, 15) is 5.11 Å². The number of rotatable bonds is 4. The van der Waals surface area contributed by atoms with Gasteiger partial charge in [-0.1, -0.05) is 0 Å². The minimum Gasteiger partial charge on any atom is -0.472 e. The fourth-order valence-electron chi connectivity index (χ4n) is 2.39. The van der Waals surface area contributed by atoms with Gasteiger partial charge in [0.25, 0.3) is 0 Å². The Labute approximate surface area is 97.1 Å². The van der Waals surface area contributed by atoms with Crippen LogP contribution >= 0.6 is 0 Å². The zero-order chi connectivity index (χ0) is 11.6. The summed E-state index contributed by atoms with van der Waals surface area (Å²) in [6.07, 6.45) is 6.20. The third kappa shape index (κ3) is 2.30. The molecule has 0 aliphatic carbocycles. The zero-order valence-corrected chi connectivity index (χ0v) is 10.1. The molecule has 3 heteroatoms. The summed E-state index contributed by atoms with van der Waals surface area (Å²) in [6.45, 7) is 6.47. The molecule has 1 aromatic rings. The van der Waals surface area contributed by atoms with Gasteiger partial charge in [-0.15, -0.1) is 0 Å². The van der Waals surface area contributed by atoms with Crippen molar-refractivity contribution in [1.29, 1.82) is 0 Å². The molecule has 1 fully saturated rings. The highest BCUT2D eigenvalue weighted by Crippen LogP contribution is 2.26. The van der Waals surface area contributed by atoms with Gasteiger partial charge >= 0.3 is 0 Å². The fourth-order valence-corrected chi connectivity index (χ4v) is 2.39. The first-order valence-corrected chi connectivity index (χ1v) is 6.05. The number of hydrogen-bond acceptors (Lipinski definition) is 3. The van der Waals surface area contributed by atoms with Gasteiger partial charge in [-0.3, -0.25) is 4.90 Å². The predicted molar refractivity (Wildman–Crippen MR) is 63.3 cm³/mol. The number of likely N-dealkylation sites (tertiary alicyclic amines) is 1. The largest absolute Gasteiger partial charge is 0.472 e. The van der Waals surface area contributed by atoms with Crippen molar-refractivity contribution in [2.24, 2.45) is 0 Å². The molecule has 0 saturated carbocycles. The van der Waals surface area contributed by atoms with E-state index in [4.69, 9.17) is 4.42 Å². The molecule has 2 rings (SSSR count). The molecular formula is C13H21NO2. The molecule has 16 heavy (non-hydrogen) atoms. The third-order valence-corrected chi connectivity index (χ3v) is 3.75. The number of hydrogen-bond donors (Lipinski definition) is 1. The van der Waals surface area contributed by atoms with Crippen molar-refractivity contribution in [3.63, 3.8) is 0 Å². The van der Waals surface area contributed by atoms with Crippen molar-refractivity contribution in [2.75, 3.05) is 13.1 Å². The van der Waals surface area contributed by atoms with Crippen LogP contribution in [-0.2, 0) is 6.42 Å². The molecule has 3 nitrogen and oxygen atoms in total. The maximum absolute atomic E-state index is 10.3. The first-order valence-electron chi connectivity index (χ1n) is 6.05. The van der Waals surface area contributed by atoms with Gasteiger partial charge in [-0.05, 0) is 51.4 Å². The highest BCUT2D eigenvalue weighted by molar-refractivity contribution is 5.09. The van der Waals surface area contributed by atoms with Crippen molar-refractivity contribution in [2.45, 2.75) is 44.8 Å². The minimum absolute atomic E-state index is 0.145. The van der Waals surface area contributed by atoms with Crippen molar-refractivity contribution < 1.29 is 9.52 Å². The van der Waals surface area contributed by atoms with E-state index in [0.717, 1.165) is 18.7 Å². The summed E-state index contributed by atoms with van der Waals surface area (Å²) in [5.41, 5.74) is 0.924. The SMILES string of the molecule is CC(C)(C(O)Cc1ccoc1)N1CCCC1. The van der Waals surface area contributed by atoms with Gasteiger partial charge < -0.3 is 9.52 Å². The topological polar surface area (TPSA) is 36.6 Å². The van der Waals surface area contributed by atoms with E-state index < -0.39 is 0 Å². The fraction of sp³-hybridized carbons (Fsp3) is 0.692. The van der Waals surface area contributed by atoms with Gasteiger partial charge in [0.1, 0.15) is 0 Å². The van der Waals surface area contributed by atoms with Crippen LogP contribution in [0.3, 0.4) is 0 Å². The van der Waals surface area contributed by atoms with Crippen LogP contribution in [-0.4, -0.2) is 34.7 Å². The normalized spacial score (nSPS) is 20.2. The van der Waals surface area contributed by atoms with Crippen LogP contribution in [0.5, 0.6) is 0 Å². The Morgan fingerprint density at radius 1 is 1.44 bits per heavy atom. The summed E-state index contributed by atoms with van der Waals surface area (Å²) >= 11 is 0. The average molecular weight is 223 g/mol. The summed E-state index contributed by atoms with van der Waals surface area (Å²) in [5.74, 6) is 0. The Balaban J connectivity index is 1.99. The van der Waals surface area contributed by atoms with E-state index in [1.165, 1.54) is 12.8 Å². The van der Waals surface area contributed by atoms with Crippen molar-refractivity contribution in [1.82, 2.24) is 4.90 Å². The van der Waals surface area contributed by atoms with Gasteiger partial charge in [0.2, 0.25) is 0 Å². The summed E-state index contributed by atoms with van der Waals surface area (Å²) in [7, 11) is 0. The van der Waals surface area contributed by atoms with Gasteiger partial charge in [0.15, 0.2) is 0 Å². The predicted octanol–water partition coefficient (Wildman–Crippen LogP) is 2.06. The minimum atomic E-state index is -0.344. The lowest BCUT2D eigenvalue weighted by Crippen LogP contribution is -2.51. The summed E-state index contributed by atoms with van der Waals surface area (Å²) < 4.78 is 5.03. The average Bonchev–Trinajstić information content (AvgIpc) is 2.89. The first-order chi connectivity index (χ1) is 7.60. The molecule has 0 aromatic carbocycles. The molecule has 90 valence electrons. The molecule has 1 aromatic heterocycles. The van der Waals surface area contributed by atoms with Crippen LogP contribution in [0.2, 0.25) is 0 Å². The third-order valence-electron chi connectivity index (χ3n) is 3.75. The van der Waals surface area contributed by atoms with Crippen LogP contribution in [0.25, 0.3) is 0 Å². The first kappa shape index (κ1) is 11.7. The van der Waals surface area contributed by atoms with E-state index in [1.54, 1.807) is 12.5 Å². The molecule has 0 radical (unpaired) electrons. The van der Waals surface area contributed by atoms with E-state index in [1.807, 2.05) is 6.07 Å². The molecule has 1 aliphatic rings. The van der Waals surface area contributed by atoms with Gasteiger partial charge in [0, 0.05) is 12.0 Å². The second-order valence-electron chi connectivity index (χ2n) is 5.20. The highest BCUT2D eigenvalue weighted by Gasteiger charge is 2.35. The highest BCUT2D eigenvalue weighted by atomic mass is 16.3. The number of aliphatic hydroxyl groups excluding tert-OH is 1. The van der Waals surface area contributed by atoms with Crippen LogP contribution in [0.4, 0.5) is 0 Å². The maximum Gasteiger partial charge on any atom is 0.0935 e. The lowest BCUT2D eigenvalue weighted by molar-refractivity contribution is 0.00330. The van der Waals surface area contributed by atoms with Gasteiger partial charge in [0.05, 0.1) is 18.6 Å². The van der Waals surface area contributed by atoms with E-state index >= 15 is 0 Å². The number of furan rings is 1. The quantitative estimate of drug-likeness (QED) is 0.848. The van der Waals surface area contributed by atoms with Crippen LogP contribution in [0.15, 0.2) is 23.0 Å². The second kappa shape index (κ2) is 4.60. The van der Waals surface area contributed by atoms with Crippen LogP contribution in [0.1, 0.15) is 32.3 Å². The number of aliphatic hydroxyl groups is 1. The lowest BCUT2D eigenvalue weighted by Gasteiger charge is -2.39. The Hall–Kier alpha value is -0.800. The molecule has 0 amide bonds. The Morgan fingerprint density at radius 2 is 2.12 bits per heavy atom. The Morgan fingerprint density at radius 3 is 2.69 bits per heavy atom. The molecule has 1 N–H and O–H groups in total. The van der Waals surface area contributed by atoms with Crippen LogP contribution < -0.4 is 0 Å². The molecule has 1 saturated heterocycles. The standard InChI is InChI=1S/C13H21NO2/c1-13(2,14-6-3-4-7-14)12(15)9-11-5-8-16-10-11/h5,8,10,12,15H,3-4,6-7,9H2,1-2H3. The lowest BCUT2D eigenvalue weighted by atomic mass is 9.91. The molecule has 0 spiro atoms. The van der Waals surface area contributed by atoms with E-state index in [-0.39, 0.29) is 11.6 Å². The Bertz CT molecular complexity index is 313. The zero-order valence-electron chi connectivity index (χ0n) is 10.1. The monoisotopic (exact) mass is 223 g/mol. The smallest absolute Gasteiger partial charge is 0.0935 e. The summed E-state index contributed by atoms with van der Waals surface area (Å²) in [5, 5.41) is 10.3. The molecule has 1 atom stereocenters. The molecule has 2 heterocycles. The molecule has 1 unspecified atom stereocenters. The molecule has 1 aliphatic heterocycles. The number of nitrogens with zero attached hydrogens (tertiary/aromatic N) is 1. The van der Waals surface area contributed by atoms with Crippen molar-refractivity contribution >= 4 is 0 Å². The van der Waals surface area contributed by atoms with Crippen molar-refractivity contribution in [3.05, 3.63) is 24.2 Å². The maximum atomic E-state index is 10.3.